The van der Waals surface area contributed by atoms with Crippen LogP contribution in [0.5, 0.6) is 5.75 Å². The first-order valence-corrected chi connectivity index (χ1v) is 16.1. The topological polar surface area (TPSA) is 29.5 Å². The van der Waals surface area contributed by atoms with Crippen molar-refractivity contribution in [2.75, 3.05) is 0 Å². The van der Waals surface area contributed by atoms with E-state index in [0.717, 1.165) is 15.8 Å². The van der Waals surface area contributed by atoms with Crippen molar-refractivity contribution in [1.29, 1.82) is 0 Å². The van der Waals surface area contributed by atoms with Crippen LogP contribution >= 0.6 is 11.3 Å². The maximum Gasteiger partial charge on any atom is 0.504 e. The van der Waals surface area contributed by atoms with E-state index in [9.17, 15) is 5.02 Å². The first-order valence-electron chi connectivity index (χ1n) is 15.3. The molecular formula is C41H27BO2S. The molecule has 1 N–H and O–H groups in total. The third-order valence-electron chi connectivity index (χ3n) is 9.45. The highest BCUT2D eigenvalue weighted by Crippen LogP contribution is 2.57. The Hall–Kier alpha value is -5.16. The SMILES string of the molecule is OBOc1cc2ccccc2c2c1sc1c(-c3ccc4c(c3)C(c3ccccc3)(c3ccccc3)c3ccccc3-4)cccc12. The Morgan fingerprint density at radius 2 is 1.18 bits per heavy atom. The van der Waals surface area contributed by atoms with Gasteiger partial charge in [-0.2, -0.15) is 0 Å². The molecule has 0 spiro atoms. The Bertz CT molecular complexity index is 2360. The molecule has 0 atom stereocenters. The van der Waals surface area contributed by atoms with Gasteiger partial charge in [0.05, 0.1) is 10.1 Å². The largest absolute Gasteiger partial charge is 0.538 e. The second-order valence-electron chi connectivity index (χ2n) is 11.6. The summed E-state index contributed by atoms with van der Waals surface area (Å²) < 4.78 is 8.06. The van der Waals surface area contributed by atoms with Crippen LogP contribution in [0.3, 0.4) is 0 Å². The molecule has 4 heteroatoms. The molecule has 1 aromatic heterocycles. The van der Waals surface area contributed by atoms with Crippen LogP contribution in [0.15, 0.2) is 152 Å². The summed E-state index contributed by atoms with van der Waals surface area (Å²) in [6, 6.07) is 54.9. The molecule has 7 aromatic carbocycles. The van der Waals surface area contributed by atoms with Crippen molar-refractivity contribution >= 4 is 50.0 Å². The molecular weight excluding hydrogens is 567 g/mol. The van der Waals surface area contributed by atoms with E-state index in [-0.39, 0.29) is 7.69 Å². The fraction of sp³-hybridized carbons (Fsp3) is 0.0244. The first-order chi connectivity index (χ1) is 22.3. The van der Waals surface area contributed by atoms with Crippen LogP contribution in [0.2, 0.25) is 0 Å². The molecule has 9 rings (SSSR count). The molecule has 0 fully saturated rings. The number of thiophene rings is 1. The summed E-state index contributed by atoms with van der Waals surface area (Å²) in [5.74, 6) is 0.718. The van der Waals surface area contributed by atoms with E-state index in [1.807, 2.05) is 12.1 Å². The molecule has 0 unspecified atom stereocenters. The molecule has 1 aliphatic carbocycles. The van der Waals surface area contributed by atoms with Crippen LogP contribution in [0, 0.1) is 0 Å². The Morgan fingerprint density at radius 1 is 0.533 bits per heavy atom. The van der Waals surface area contributed by atoms with Gasteiger partial charge in [0, 0.05) is 15.5 Å². The molecule has 1 heterocycles. The normalized spacial score (nSPS) is 13.2. The fourth-order valence-electron chi connectivity index (χ4n) is 7.63. The second kappa shape index (κ2) is 10.2. The first kappa shape index (κ1) is 26.3. The standard InChI is InChI=1S/C41H27BO2S/c43-42-44-37-25-26-12-7-8-17-30(26)38-34-20-11-19-31(39(34)45-40(37)38)27-22-23-33-32-18-9-10-21-35(32)41(36(33)24-27,28-13-3-1-4-14-28)29-15-5-2-6-16-29/h1-25,42-43H. The van der Waals surface area contributed by atoms with Gasteiger partial charge in [0.1, 0.15) is 5.75 Å². The van der Waals surface area contributed by atoms with Crippen LogP contribution in [0.25, 0.3) is 53.2 Å². The lowest BCUT2D eigenvalue weighted by Gasteiger charge is -2.34. The van der Waals surface area contributed by atoms with Crippen LogP contribution in [-0.2, 0) is 5.41 Å². The monoisotopic (exact) mass is 594 g/mol. The van der Waals surface area contributed by atoms with Crippen LogP contribution in [-0.4, -0.2) is 12.7 Å². The van der Waals surface area contributed by atoms with Gasteiger partial charge in [-0.25, -0.2) is 0 Å². The Kier molecular flexibility index (Phi) is 5.95. The van der Waals surface area contributed by atoms with E-state index in [1.54, 1.807) is 11.3 Å². The predicted octanol–water partition coefficient (Wildman–Crippen LogP) is 9.88. The van der Waals surface area contributed by atoms with E-state index in [2.05, 4.69) is 140 Å². The smallest absolute Gasteiger partial charge is 0.504 e. The second-order valence-corrected chi connectivity index (χ2v) is 12.7. The van der Waals surface area contributed by atoms with Crippen molar-refractivity contribution in [2.24, 2.45) is 0 Å². The molecule has 212 valence electrons. The van der Waals surface area contributed by atoms with E-state index in [1.165, 1.54) is 65.4 Å². The highest BCUT2D eigenvalue weighted by molar-refractivity contribution is 7.27. The van der Waals surface area contributed by atoms with Crippen molar-refractivity contribution in [2.45, 2.75) is 5.41 Å². The van der Waals surface area contributed by atoms with Gasteiger partial charge in [-0.05, 0) is 67.4 Å². The molecule has 45 heavy (non-hydrogen) atoms. The van der Waals surface area contributed by atoms with Gasteiger partial charge >= 0.3 is 7.69 Å². The summed E-state index contributed by atoms with van der Waals surface area (Å²) >= 11 is 1.74. The lowest BCUT2D eigenvalue weighted by molar-refractivity contribution is 0.457. The summed E-state index contributed by atoms with van der Waals surface area (Å²) in [5, 5.41) is 14.4. The minimum absolute atomic E-state index is 0.360. The summed E-state index contributed by atoms with van der Waals surface area (Å²) in [6.45, 7) is 0. The minimum atomic E-state index is -0.448. The minimum Gasteiger partial charge on any atom is -0.538 e. The van der Waals surface area contributed by atoms with Gasteiger partial charge in [-0.3, -0.25) is 0 Å². The van der Waals surface area contributed by atoms with Crippen LogP contribution < -0.4 is 4.65 Å². The van der Waals surface area contributed by atoms with E-state index in [0.29, 0.717) is 0 Å². The number of rotatable bonds is 5. The van der Waals surface area contributed by atoms with Gasteiger partial charge in [-0.1, -0.05) is 140 Å². The molecule has 0 aliphatic heterocycles. The highest BCUT2D eigenvalue weighted by atomic mass is 32.1. The van der Waals surface area contributed by atoms with Gasteiger partial charge in [0.25, 0.3) is 0 Å². The van der Waals surface area contributed by atoms with Crippen molar-refractivity contribution in [3.63, 3.8) is 0 Å². The van der Waals surface area contributed by atoms with Gasteiger partial charge in [-0.15, -0.1) is 11.3 Å². The molecule has 8 aromatic rings. The van der Waals surface area contributed by atoms with Gasteiger partial charge in [0.15, 0.2) is 0 Å². The molecule has 1 aliphatic rings. The molecule has 2 nitrogen and oxygen atoms in total. The van der Waals surface area contributed by atoms with Crippen molar-refractivity contribution in [3.8, 4) is 28.0 Å². The maximum atomic E-state index is 9.74. The summed E-state index contributed by atoms with van der Waals surface area (Å²) in [5.41, 5.74) is 9.62. The zero-order valence-corrected chi connectivity index (χ0v) is 25.2. The summed E-state index contributed by atoms with van der Waals surface area (Å²) in [6.07, 6.45) is 0. The maximum absolute atomic E-state index is 9.74. The molecule has 0 saturated carbocycles. The van der Waals surface area contributed by atoms with E-state index in [4.69, 9.17) is 4.65 Å². The quantitative estimate of drug-likeness (QED) is 0.201. The Balaban J connectivity index is 1.35. The lowest BCUT2D eigenvalue weighted by Crippen LogP contribution is -2.28. The average molecular weight is 595 g/mol. The average Bonchev–Trinajstić information content (AvgIpc) is 3.64. The van der Waals surface area contributed by atoms with E-state index >= 15 is 0 Å². The molecule has 0 bridgehead atoms. The van der Waals surface area contributed by atoms with Gasteiger partial charge in [0.2, 0.25) is 0 Å². The third-order valence-corrected chi connectivity index (χ3v) is 10.7. The Labute approximate surface area is 266 Å². The van der Waals surface area contributed by atoms with Crippen LogP contribution in [0.1, 0.15) is 22.3 Å². The highest BCUT2D eigenvalue weighted by Gasteiger charge is 2.46. The number of hydrogen-bond donors (Lipinski definition) is 1. The fourth-order valence-corrected chi connectivity index (χ4v) is 8.95. The number of fused-ring (bicyclic) bond motifs is 8. The van der Waals surface area contributed by atoms with E-state index < -0.39 is 5.41 Å². The van der Waals surface area contributed by atoms with Crippen molar-refractivity contribution in [3.05, 3.63) is 174 Å². The zero-order chi connectivity index (χ0) is 30.0. The zero-order valence-electron chi connectivity index (χ0n) is 24.4. The number of benzene rings is 7. The molecule has 0 radical (unpaired) electrons. The van der Waals surface area contributed by atoms with Crippen LogP contribution in [0.4, 0.5) is 0 Å². The predicted molar refractivity (Wildman–Crippen MR) is 190 cm³/mol. The third kappa shape index (κ3) is 3.73. The number of hydrogen-bond acceptors (Lipinski definition) is 3. The lowest BCUT2D eigenvalue weighted by atomic mass is 9.67. The summed E-state index contributed by atoms with van der Waals surface area (Å²) in [7, 11) is -0.360. The summed E-state index contributed by atoms with van der Waals surface area (Å²) in [4.78, 5) is 0. The van der Waals surface area contributed by atoms with Crippen molar-refractivity contribution in [1.82, 2.24) is 0 Å². The molecule has 0 saturated heterocycles. The van der Waals surface area contributed by atoms with Crippen molar-refractivity contribution < 1.29 is 9.68 Å². The van der Waals surface area contributed by atoms with Gasteiger partial charge < -0.3 is 9.68 Å². The molecule has 0 amide bonds. The Morgan fingerprint density at radius 3 is 1.96 bits per heavy atom.